The van der Waals surface area contributed by atoms with Crippen LogP contribution in [0.15, 0.2) is 30.3 Å². The van der Waals surface area contributed by atoms with Gasteiger partial charge in [0.1, 0.15) is 30.6 Å². The summed E-state index contributed by atoms with van der Waals surface area (Å²) in [7, 11) is 0. The smallest absolute Gasteiger partial charge is 0.272 e. The standard InChI is InChI=1S/C14H18N2O6/c17-6-8-9(18)10(19)11(20)14(22-8)13(21)15-12(16-14)7-4-2-1-3-5-7/h1-5,8-12,16-20H,6H2,(H,15,21)/t8-,9-,10+,11-,12?,14+/m1/s1. The van der Waals surface area contributed by atoms with Crippen molar-refractivity contribution in [1.82, 2.24) is 10.6 Å². The van der Waals surface area contributed by atoms with E-state index in [4.69, 9.17) is 4.74 Å². The summed E-state index contributed by atoms with van der Waals surface area (Å²) in [6.07, 6.45) is -6.61. The molecule has 6 N–H and O–H groups in total. The lowest BCUT2D eigenvalue weighted by molar-refractivity contribution is -0.270. The molecule has 2 aliphatic rings. The molecule has 2 heterocycles. The van der Waals surface area contributed by atoms with Crippen LogP contribution in [0, 0.1) is 0 Å². The lowest BCUT2D eigenvalue weighted by Crippen LogP contribution is -2.71. The van der Waals surface area contributed by atoms with Crippen LogP contribution in [0.2, 0.25) is 0 Å². The van der Waals surface area contributed by atoms with Crippen molar-refractivity contribution >= 4 is 5.91 Å². The number of hydrogen-bond acceptors (Lipinski definition) is 7. The third kappa shape index (κ3) is 2.21. The van der Waals surface area contributed by atoms with Gasteiger partial charge in [-0.1, -0.05) is 30.3 Å². The maximum Gasteiger partial charge on any atom is 0.272 e. The number of carbonyl (C=O) groups excluding carboxylic acids is 1. The van der Waals surface area contributed by atoms with E-state index in [2.05, 4.69) is 10.6 Å². The van der Waals surface area contributed by atoms with Gasteiger partial charge in [-0.2, -0.15) is 0 Å². The summed E-state index contributed by atoms with van der Waals surface area (Å²) in [4.78, 5) is 12.3. The van der Waals surface area contributed by atoms with Crippen molar-refractivity contribution in [3.8, 4) is 0 Å². The number of aliphatic hydroxyl groups is 4. The summed E-state index contributed by atoms with van der Waals surface area (Å²) in [6, 6.07) is 8.97. The van der Waals surface area contributed by atoms with Gasteiger partial charge in [0.25, 0.3) is 5.91 Å². The van der Waals surface area contributed by atoms with Crippen molar-refractivity contribution in [2.75, 3.05) is 6.61 Å². The van der Waals surface area contributed by atoms with Gasteiger partial charge in [-0.3, -0.25) is 10.1 Å². The lowest BCUT2D eigenvalue weighted by atomic mass is 9.90. The van der Waals surface area contributed by atoms with Crippen molar-refractivity contribution in [2.45, 2.75) is 36.3 Å². The van der Waals surface area contributed by atoms with E-state index >= 15 is 0 Å². The molecule has 8 heteroatoms. The largest absolute Gasteiger partial charge is 0.394 e. The molecule has 120 valence electrons. The normalized spacial score (nSPS) is 41.6. The van der Waals surface area contributed by atoms with Gasteiger partial charge in [0, 0.05) is 0 Å². The average Bonchev–Trinajstić information content (AvgIpc) is 2.87. The highest BCUT2D eigenvalue weighted by Crippen LogP contribution is 2.34. The van der Waals surface area contributed by atoms with Gasteiger partial charge in [0.2, 0.25) is 5.72 Å². The van der Waals surface area contributed by atoms with Crippen LogP contribution >= 0.6 is 0 Å². The Hall–Kier alpha value is -1.55. The molecule has 0 bridgehead atoms. The van der Waals surface area contributed by atoms with Crippen LogP contribution in [0.25, 0.3) is 0 Å². The summed E-state index contributed by atoms with van der Waals surface area (Å²) in [5, 5.41) is 44.6. The number of aliphatic hydroxyl groups excluding tert-OH is 4. The first-order valence-corrected chi connectivity index (χ1v) is 6.96. The van der Waals surface area contributed by atoms with E-state index in [0.717, 1.165) is 5.56 Å². The minimum absolute atomic E-state index is 0.600. The third-order valence-corrected chi connectivity index (χ3v) is 4.09. The highest BCUT2D eigenvalue weighted by molar-refractivity contribution is 5.88. The second-order valence-corrected chi connectivity index (χ2v) is 5.46. The van der Waals surface area contributed by atoms with Crippen molar-refractivity contribution in [2.24, 2.45) is 0 Å². The van der Waals surface area contributed by atoms with Crippen LogP contribution in [0.4, 0.5) is 0 Å². The van der Waals surface area contributed by atoms with Crippen LogP contribution in [0.5, 0.6) is 0 Å². The molecular formula is C14H18N2O6. The molecule has 2 fully saturated rings. The van der Waals surface area contributed by atoms with Crippen molar-refractivity contribution in [3.05, 3.63) is 35.9 Å². The van der Waals surface area contributed by atoms with Gasteiger partial charge >= 0.3 is 0 Å². The molecular weight excluding hydrogens is 292 g/mol. The Morgan fingerprint density at radius 2 is 1.82 bits per heavy atom. The van der Waals surface area contributed by atoms with Crippen LogP contribution in [-0.2, 0) is 9.53 Å². The average molecular weight is 310 g/mol. The van der Waals surface area contributed by atoms with E-state index < -0.39 is 48.8 Å². The van der Waals surface area contributed by atoms with Crippen molar-refractivity contribution in [1.29, 1.82) is 0 Å². The Balaban J connectivity index is 1.90. The zero-order valence-electron chi connectivity index (χ0n) is 11.6. The van der Waals surface area contributed by atoms with Gasteiger partial charge in [0.15, 0.2) is 0 Å². The van der Waals surface area contributed by atoms with Gasteiger partial charge in [-0.15, -0.1) is 0 Å². The SMILES string of the molecule is O=C1NC(c2ccccc2)N[C@@]12O[C@H](CO)[C@@H](O)[C@H](O)[C@H]2O. The van der Waals surface area contributed by atoms with Crippen molar-refractivity contribution in [3.63, 3.8) is 0 Å². The number of hydrogen-bond donors (Lipinski definition) is 6. The Kier molecular flexibility index (Phi) is 3.89. The number of amides is 1. The maximum atomic E-state index is 12.3. The quantitative estimate of drug-likeness (QED) is 0.358. The molecule has 0 radical (unpaired) electrons. The molecule has 6 atom stereocenters. The fourth-order valence-electron chi connectivity index (χ4n) is 2.84. The highest BCUT2D eigenvalue weighted by atomic mass is 16.6. The van der Waals surface area contributed by atoms with Crippen LogP contribution in [-0.4, -0.2) is 63.1 Å². The summed E-state index contributed by atoms with van der Waals surface area (Å²) < 4.78 is 5.41. The zero-order valence-corrected chi connectivity index (χ0v) is 11.6. The predicted molar refractivity (Wildman–Crippen MR) is 73.2 cm³/mol. The van der Waals surface area contributed by atoms with E-state index in [0.29, 0.717) is 0 Å². The first-order valence-electron chi connectivity index (χ1n) is 6.96. The Morgan fingerprint density at radius 3 is 2.45 bits per heavy atom. The second-order valence-electron chi connectivity index (χ2n) is 5.46. The highest BCUT2D eigenvalue weighted by Gasteiger charge is 2.61. The fourth-order valence-corrected chi connectivity index (χ4v) is 2.84. The van der Waals surface area contributed by atoms with Gasteiger partial charge < -0.3 is 30.5 Å². The van der Waals surface area contributed by atoms with Crippen LogP contribution < -0.4 is 10.6 Å². The van der Waals surface area contributed by atoms with Crippen molar-refractivity contribution < 1.29 is 30.0 Å². The summed E-state index contributed by atoms with van der Waals surface area (Å²) >= 11 is 0. The summed E-state index contributed by atoms with van der Waals surface area (Å²) in [5.41, 5.74) is -1.18. The molecule has 2 saturated heterocycles. The second kappa shape index (κ2) is 5.58. The molecule has 1 spiro atoms. The minimum Gasteiger partial charge on any atom is -0.394 e. The first-order chi connectivity index (χ1) is 10.5. The topological polar surface area (TPSA) is 131 Å². The summed E-state index contributed by atoms with van der Waals surface area (Å²) in [5.74, 6) is -0.668. The number of carbonyl (C=O) groups is 1. The maximum absolute atomic E-state index is 12.3. The minimum atomic E-state index is -1.92. The van der Waals surface area contributed by atoms with Crippen LogP contribution in [0.3, 0.4) is 0 Å². The molecule has 0 aliphatic carbocycles. The Morgan fingerprint density at radius 1 is 1.14 bits per heavy atom. The number of nitrogens with one attached hydrogen (secondary N) is 2. The molecule has 3 rings (SSSR count). The molecule has 22 heavy (non-hydrogen) atoms. The van der Waals surface area contributed by atoms with E-state index in [9.17, 15) is 25.2 Å². The zero-order chi connectivity index (χ0) is 15.9. The fraction of sp³-hybridized carbons (Fsp3) is 0.500. The lowest BCUT2D eigenvalue weighted by Gasteiger charge is -2.45. The van der Waals surface area contributed by atoms with Gasteiger partial charge in [-0.05, 0) is 5.56 Å². The van der Waals surface area contributed by atoms with Crippen LogP contribution in [0.1, 0.15) is 11.7 Å². The van der Waals surface area contributed by atoms with Gasteiger partial charge in [0.05, 0.1) is 6.61 Å². The molecule has 1 aromatic carbocycles. The third-order valence-electron chi connectivity index (χ3n) is 4.09. The Bertz CT molecular complexity index is 554. The monoisotopic (exact) mass is 310 g/mol. The number of ether oxygens (including phenoxy) is 1. The van der Waals surface area contributed by atoms with E-state index in [1.54, 1.807) is 24.3 Å². The number of rotatable bonds is 2. The molecule has 1 aromatic rings. The van der Waals surface area contributed by atoms with E-state index in [1.807, 2.05) is 6.07 Å². The Labute approximate surface area is 126 Å². The molecule has 0 saturated carbocycles. The first kappa shape index (κ1) is 15.3. The summed E-state index contributed by atoms with van der Waals surface area (Å²) in [6.45, 7) is -0.600. The van der Waals surface area contributed by atoms with Gasteiger partial charge in [-0.25, -0.2) is 0 Å². The van der Waals surface area contributed by atoms with E-state index in [-0.39, 0.29) is 0 Å². The predicted octanol–water partition coefficient (Wildman–Crippen LogP) is -2.43. The molecule has 1 amide bonds. The van der Waals surface area contributed by atoms with E-state index in [1.165, 1.54) is 0 Å². The number of benzene rings is 1. The molecule has 1 unspecified atom stereocenters. The molecule has 0 aromatic heterocycles. The molecule has 8 nitrogen and oxygen atoms in total. The molecule has 2 aliphatic heterocycles.